The van der Waals surface area contributed by atoms with Gasteiger partial charge in [0.15, 0.2) is 0 Å². The van der Waals surface area contributed by atoms with Gasteiger partial charge in [-0.15, -0.1) is 0 Å². The van der Waals surface area contributed by atoms with Crippen LogP contribution in [0.15, 0.2) is 11.6 Å². The van der Waals surface area contributed by atoms with Crippen LogP contribution in [0.2, 0.25) is 0 Å². The maximum Gasteiger partial charge on any atom is 0.341 e. The molecule has 9 nitrogen and oxygen atoms in total. The number of ether oxygens (including phenoxy) is 4. The smallest absolute Gasteiger partial charge is 0.341 e. The lowest BCUT2D eigenvalue weighted by Gasteiger charge is -2.26. The van der Waals surface area contributed by atoms with Crippen LogP contribution >= 0.6 is 34.8 Å². The van der Waals surface area contributed by atoms with E-state index < -0.39 is 15.7 Å². The number of alkyl halides is 3. The second-order valence-corrected chi connectivity index (χ2v) is 11.8. The molecule has 0 unspecified atom stereocenters. The summed E-state index contributed by atoms with van der Waals surface area (Å²) in [5.41, 5.74) is 3.20. The minimum Gasteiger partial charge on any atom is -0.496 e. The molecule has 0 aliphatic carbocycles. The maximum absolute atomic E-state index is 12.6. The number of hydrogen-bond acceptors (Lipinski definition) is 8. The van der Waals surface area contributed by atoms with Crippen molar-refractivity contribution in [3.05, 3.63) is 33.9 Å². The lowest BCUT2D eigenvalue weighted by Crippen LogP contribution is -2.36. The van der Waals surface area contributed by atoms with Crippen LogP contribution < -0.4 is 10.1 Å². The minimum atomic E-state index is -2.24. The molecule has 3 rings (SSSR count). The van der Waals surface area contributed by atoms with E-state index in [1.165, 1.54) is 7.11 Å². The molecule has 0 bridgehead atoms. The highest BCUT2D eigenvalue weighted by molar-refractivity contribution is 6.76. The number of esters is 2. The summed E-state index contributed by atoms with van der Waals surface area (Å²) in [6.07, 6.45) is 4.73. The third kappa shape index (κ3) is 8.72. The fraction of sp³-hybridized carbons (Fsp3) is 0.593. The zero-order chi connectivity index (χ0) is 28.6. The molecule has 2 aliphatic rings. The molecule has 0 spiro atoms. The van der Waals surface area contributed by atoms with E-state index in [-0.39, 0.29) is 30.2 Å². The number of morpholine rings is 1. The first-order chi connectivity index (χ1) is 18.5. The molecular formula is C27H35Cl3N2O7. The van der Waals surface area contributed by atoms with Gasteiger partial charge in [0, 0.05) is 30.6 Å². The molecule has 12 heteroatoms. The van der Waals surface area contributed by atoms with Gasteiger partial charge in [-0.2, -0.15) is 0 Å². The second-order valence-electron chi connectivity index (χ2n) is 9.53. The molecular weight excluding hydrogens is 571 g/mol. The first-order valence-corrected chi connectivity index (χ1v) is 14.0. The van der Waals surface area contributed by atoms with Crippen LogP contribution in [0.3, 0.4) is 0 Å². The first-order valence-electron chi connectivity index (χ1n) is 12.9. The number of benzene rings is 1. The van der Waals surface area contributed by atoms with Crippen molar-refractivity contribution >= 4 is 58.3 Å². The molecule has 1 saturated heterocycles. The Kier molecular flexibility index (Phi) is 11.7. The monoisotopic (exact) mass is 604 g/mol. The van der Waals surface area contributed by atoms with Crippen molar-refractivity contribution in [3.63, 3.8) is 0 Å². The Balaban J connectivity index is 1.61. The number of rotatable bonds is 12. The average molecular weight is 606 g/mol. The van der Waals surface area contributed by atoms with Crippen LogP contribution in [0.25, 0.3) is 0 Å². The number of methoxy groups -OCH3 is 1. The van der Waals surface area contributed by atoms with E-state index in [4.69, 9.17) is 53.8 Å². The molecule has 1 amide bonds. The van der Waals surface area contributed by atoms with Gasteiger partial charge in [-0.05, 0) is 51.6 Å². The zero-order valence-electron chi connectivity index (χ0n) is 22.5. The predicted molar refractivity (Wildman–Crippen MR) is 150 cm³/mol. The Bertz CT molecular complexity index is 1100. The molecule has 1 aromatic rings. The second kappa shape index (κ2) is 14.6. The van der Waals surface area contributed by atoms with E-state index in [1.807, 2.05) is 19.9 Å². The minimum absolute atomic E-state index is 0.0530. The number of unbranched alkanes of at least 4 members (excludes halogenated alkanes) is 1. The van der Waals surface area contributed by atoms with Crippen molar-refractivity contribution in [2.24, 2.45) is 0 Å². The van der Waals surface area contributed by atoms with Crippen molar-refractivity contribution in [1.29, 1.82) is 0 Å². The SMILES string of the molecule is COc1c(C)c2c(c(NC(=O)C(Cl)(Cl)Cl)c1CC=C(C)CCC(=O)OCCCCN1CCOCC1)C(=O)OC2. The van der Waals surface area contributed by atoms with Crippen LogP contribution in [-0.4, -0.2) is 73.1 Å². The molecule has 1 fully saturated rings. The fourth-order valence-electron chi connectivity index (χ4n) is 4.57. The fourth-order valence-corrected chi connectivity index (χ4v) is 4.71. The number of allylic oxidation sites excluding steroid dienone is 2. The molecule has 216 valence electrons. The number of halogens is 3. The summed E-state index contributed by atoms with van der Waals surface area (Å²) in [5.74, 6) is -1.24. The normalized spacial score (nSPS) is 16.1. The number of amides is 1. The quantitative estimate of drug-likeness (QED) is 0.155. The summed E-state index contributed by atoms with van der Waals surface area (Å²) < 4.78 is 19.4. The highest BCUT2D eigenvalue weighted by Crippen LogP contribution is 2.42. The molecule has 39 heavy (non-hydrogen) atoms. The van der Waals surface area contributed by atoms with Crippen LogP contribution in [0, 0.1) is 6.92 Å². The Hall–Kier alpha value is -2.04. The number of cyclic esters (lactones) is 1. The van der Waals surface area contributed by atoms with Crippen LogP contribution in [0.1, 0.15) is 59.7 Å². The van der Waals surface area contributed by atoms with Crippen molar-refractivity contribution in [2.75, 3.05) is 51.9 Å². The van der Waals surface area contributed by atoms with E-state index in [0.29, 0.717) is 36.3 Å². The van der Waals surface area contributed by atoms with Gasteiger partial charge >= 0.3 is 11.9 Å². The number of nitrogens with one attached hydrogen (secondary N) is 1. The van der Waals surface area contributed by atoms with Gasteiger partial charge in [-0.3, -0.25) is 14.5 Å². The van der Waals surface area contributed by atoms with Gasteiger partial charge in [-0.25, -0.2) is 4.79 Å². The Morgan fingerprint density at radius 1 is 1.15 bits per heavy atom. The maximum atomic E-state index is 12.6. The lowest BCUT2D eigenvalue weighted by atomic mass is 9.93. The topological polar surface area (TPSA) is 103 Å². The van der Waals surface area contributed by atoms with Gasteiger partial charge in [0.1, 0.15) is 12.4 Å². The van der Waals surface area contributed by atoms with Crippen LogP contribution in [-0.2, 0) is 36.8 Å². The molecule has 1 aromatic carbocycles. The van der Waals surface area contributed by atoms with Gasteiger partial charge in [-0.1, -0.05) is 46.5 Å². The van der Waals surface area contributed by atoms with Gasteiger partial charge in [0.25, 0.3) is 9.70 Å². The molecule has 2 aliphatic heterocycles. The average Bonchev–Trinajstić information content (AvgIpc) is 3.29. The Labute approximate surface area is 244 Å². The standard InChI is InChI=1S/C27H35Cl3N2O7/c1-17(7-9-21(33)38-13-5-4-10-32-11-14-37-15-12-32)6-8-19-23(31-26(35)27(28,29)30)22-20(16-39-25(22)34)18(2)24(19)36-3/h6H,4-5,7-16H2,1-3H3,(H,31,35). The van der Waals surface area contributed by atoms with Gasteiger partial charge in [0.2, 0.25) is 0 Å². The summed E-state index contributed by atoms with van der Waals surface area (Å²) in [7, 11) is 1.50. The summed E-state index contributed by atoms with van der Waals surface area (Å²) in [4.78, 5) is 39.7. The van der Waals surface area contributed by atoms with Gasteiger partial charge < -0.3 is 24.3 Å². The highest BCUT2D eigenvalue weighted by Gasteiger charge is 2.36. The van der Waals surface area contributed by atoms with E-state index >= 15 is 0 Å². The number of anilines is 1. The third-order valence-corrected chi connectivity index (χ3v) is 7.30. The number of hydrogen-bond donors (Lipinski definition) is 1. The lowest BCUT2D eigenvalue weighted by molar-refractivity contribution is -0.143. The zero-order valence-corrected chi connectivity index (χ0v) is 24.8. The number of carbonyl (C=O) groups excluding carboxylic acids is 3. The molecule has 2 heterocycles. The summed E-state index contributed by atoms with van der Waals surface area (Å²) >= 11 is 17.3. The highest BCUT2D eigenvalue weighted by atomic mass is 35.6. The van der Waals surface area contributed by atoms with Gasteiger partial charge in [0.05, 0.1) is 38.2 Å². The number of fused-ring (bicyclic) bond motifs is 1. The van der Waals surface area contributed by atoms with Crippen molar-refractivity contribution in [1.82, 2.24) is 4.90 Å². The van der Waals surface area contributed by atoms with Crippen molar-refractivity contribution in [2.45, 2.75) is 56.4 Å². The molecule has 0 radical (unpaired) electrons. The third-order valence-electron chi connectivity index (χ3n) is 6.79. The molecule has 0 saturated carbocycles. The molecule has 0 atom stereocenters. The summed E-state index contributed by atoms with van der Waals surface area (Å²) in [6.45, 7) is 8.61. The molecule has 0 aromatic heterocycles. The molecule has 1 N–H and O–H groups in total. The van der Waals surface area contributed by atoms with Crippen LogP contribution in [0.5, 0.6) is 5.75 Å². The summed E-state index contributed by atoms with van der Waals surface area (Å²) in [6, 6.07) is 0. The van der Waals surface area contributed by atoms with Crippen LogP contribution in [0.4, 0.5) is 5.69 Å². The summed E-state index contributed by atoms with van der Waals surface area (Å²) in [5, 5.41) is 2.58. The van der Waals surface area contributed by atoms with E-state index in [1.54, 1.807) is 0 Å². The Morgan fingerprint density at radius 2 is 1.87 bits per heavy atom. The Morgan fingerprint density at radius 3 is 2.54 bits per heavy atom. The number of carbonyl (C=O) groups is 3. The van der Waals surface area contributed by atoms with E-state index in [9.17, 15) is 14.4 Å². The van der Waals surface area contributed by atoms with E-state index in [2.05, 4.69) is 10.2 Å². The van der Waals surface area contributed by atoms with Crippen molar-refractivity contribution < 1.29 is 33.3 Å². The van der Waals surface area contributed by atoms with Crippen molar-refractivity contribution in [3.8, 4) is 5.75 Å². The number of nitrogens with zero attached hydrogens (tertiary/aromatic N) is 1. The largest absolute Gasteiger partial charge is 0.496 e. The predicted octanol–water partition coefficient (Wildman–Crippen LogP) is 4.91. The first kappa shape index (κ1) is 31.5. The van der Waals surface area contributed by atoms with E-state index in [0.717, 1.165) is 56.8 Å².